The molecule has 1 unspecified atom stereocenters. The van der Waals surface area contributed by atoms with E-state index in [0.29, 0.717) is 16.7 Å². The number of hydrogen-bond acceptors (Lipinski definition) is 2. The lowest BCUT2D eigenvalue weighted by molar-refractivity contribution is 0.618. The minimum atomic E-state index is -0.663. The Morgan fingerprint density at radius 3 is 2.30 bits per heavy atom. The molecule has 0 spiro atoms. The number of aromatic nitrogens is 2. The van der Waals surface area contributed by atoms with E-state index in [1.165, 1.54) is 12.1 Å². The standard InChI is InChI=1S/C26H17FN2O/c1-26(18-10-12-19(27)13-11-18)21-8-4-5-9-23(21)29-24(30)20-14-16-6-2-3-7-17(16)15-22(20)28-25(26)29/h2-15H,1H3. The quantitative estimate of drug-likeness (QED) is 0.361. The van der Waals surface area contributed by atoms with E-state index in [9.17, 15) is 9.18 Å². The Morgan fingerprint density at radius 2 is 1.53 bits per heavy atom. The first-order valence-corrected chi connectivity index (χ1v) is 9.89. The van der Waals surface area contributed by atoms with E-state index in [-0.39, 0.29) is 11.4 Å². The van der Waals surface area contributed by atoms with Gasteiger partial charge in [0.15, 0.2) is 0 Å². The number of nitrogens with zero attached hydrogens (tertiary/aromatic N) is 2. The average Bonchev–Trinajstić information content (AvgIpc) is 3.03. The van der Waals surface area contributed by atoms with Gasteiger partial charge in [0.25, 0.3) is 5.56 Å². The molecule has 0 amide bonds. The van der Waals surface area contributed by atoms with Crippen molar-refractivity contribution in [2.24, 2.45) is 0 Å². The van der Waals surface area contributed by atoms with E-state index in [4.69, 9.17) is 4.98 Å². The molecule has 4 heteroatoms. The van der Waals surface area contributed by atoms with Crippen molar-refractivity contribution in [1.29, 1.82) is 0 Å². The molecule has 0 N–H and O–H groups in total. The second kappa shape index (κ2) is 5.86. The van der Waals surface area contributed by atoms with Crippen molar-refractivity contribution in [2.45, 2.75) is 12.3 Å². The van der Waals surface area contributed by atoms with Gasteiger partial charge in [-0.3, -0.25) is 9.36 Å². The Kier molecular flexibility index (Phi) is 3.34. The summed E-state index contributed by atoms with van der Waals surface area (Å²) in [6, 6.07) is 26.2. The fraction of sp³-hybridized carbons (Fsp3) is 0.0769. The third-order valence-electron chi connectivity index (χ3n) is 6.29. The summed E-state index contributed by atoms with van der Waals surface area (Å²) in [5.74, 6) is 0.368. The molecular formula is C26H17FN2O. The van der Waals surface area contributed by atoms with Crippen molar-refractivity contribution in [3.63, 3.8) is 0 Å². The summed E-state index contributed by atoms with van der Waals surface area (Å²) in [5, 5.41) is 2.65. The zero-order valence-electron chi connectivity index (χ0n) is 16.3. The van der Waals surface area contributed by atoms with Crippen molar-refractivity contribution in [3.05, 3.63) is 118 Å². The molecule has 1 aliphatic heterocycles. The van der Waals surface area contributed by atoms with Crippen LogP contribution in [0.3, 0.4) is 0 Å². The minimum Gasteiger partial charge on any atom is -0.268 e. The fourth-order valence-electron chi connectivity index (χ4n) is 4.71. The van der Waals surface area contributed by atoms with Crippen LogP contribution in [0.4, 0.5) is 4.39 Å². The maximum Gasteiger partial charge on any atom is 0.266 e. The number of fused-ring (bicyclic) bond motifs is 5. The van der Waals surface area contributed by atoms with E-state index < -0.39 is 5.41 Å². The van der Waals surface area contributed by atoms with Gasteiger partial charge < -0.3 is 0 Å². The van der Waals surface area contributed by atoms with Gasteiger partial charge in [-0.2, -0.15) is 0 Å². The second-order valence-corrected chi connectivity index (χ2v) is 7.94. The molecule has 3 nitrogen and oxygen atoms in total. The van der Waals surface area contributed by atoms with Gasteiger partial charge in [-0.1, -0.05) is 54.6 Å². The summed E-state index contributed by atoms with van der Waals surface area (Å²) in [5.41, 5.74) is 2.64. The molecule has 0 bridgehead atoms. The molecule has 0 saturated carbocycles. The molecule has 1 aliphatic rings. The van der Waals surface area contributed by atoms with Crippen LogP contribution >= 0.6 is 0 Å². The summed E-state index contributed by atoms with van der Waals surface area (Å²) in [4.78, 5) is 18.7. The van der Waals surface area contributed by atoms with E-state index in [0.717, 1.165) is 27.6 Å². The lowest BCUT2D eigenvalue weighted by Crippen LogP contribution is -2.28. The smallest absolute Gasteiger partial charge is 0.266 e. The highest BCUT2D eigenvalue weighted by molar-refractivity contribution is 5.96. The van der Waals surface area contributed by atoms with Crippen LogP contribution in [0.2, 0.25) is 0 Å². The van der Waals surface area contributed by atoms with Crippen molar-refractivity contribution in [1.82, 2.24) is 9.55 Å². The van der Waals surface area contributed by atoms with Crippen LogP contribution in [0.1, 0.15) is 23.9 Å². The Hall–Kier alpha value is -3.79. The highest BCUT2D eigenvalue weighted by Gasteiger charge is 2.43. The number of rotatable bonds is 1. The summed E-state index contributed by atoms with van der Waals surface area (Å²) < 4.78 is 15.4. The van der Waals surface area contributed by atoms with Crippen LogP contribution in [0, 0.1) is 5.82 Å². The largest absolute Gasteiger partial charge is 0.268 e. The molecule has 2 heterocycles. The first-order chi connectivity index (χ1) is 14.6. The van der Waals surface area contributed by atoms with Crippen LogP contribution < -0.4 is 5.56 Å². The summed E-state index contributed by atoms with van der Waals surface area (Å²) in [7, 11) is 0. The van der Waals surface area contributed by atoms with Gasteiger partial charge >= 0.3 is 0 Å². The Balaban J connectivity index is 1.77. The summed E-state index contributed by atoms with van der Waals surface area (Å²) in [6.07, 6.45) is 0. The Bertz CT molecular complexity index is 1540. The van der Waals surface area contributed by atoms with Crippen LogP contribution in [-0.2, 0) is 5.41 Å². The lowest BCUT2D eigenvalue weighted by Gasteiger charge is -2.26. The van der Waals surface area contributed by atoms with Crippen LogP contribution in [0.25, 0.3) is 27.4 Å². The van der Waals surface area contributed by atoms with Gasteiger partial charge in [0.05, 0.1) is 22.0 Å². The van der Waals surface area contributed by atoms with E-state index in [2.05, 4.69) is 6.92 Å². The van der Waals surface area contributed by atoms with Crippen molar-refractivity contribution < 1.29 is 4.39 Å². The fourth-order valence-corrected chi connectivity index (χ4v) is 4.71. The topological polar surface area (TPSA) is 34.9 Å². The molecule has 0 fully saturated rings. The Morgan fingerprint density at radius 1 is 0.867 bits per heavy atom. The number of para-hydroxylation sites is 1. The molecule has 6 rings (SSSR count). The van der Waals surface area contributed by atoms with Crippen LogP contribution in [0.5, 0.6) is 0 Å². The molecule has 4 aromatic carbocycles. The number of hydrogen-bond donors (Lipinski definition) is 0. The third-order valence-corrected chi connectivity index (χ3v) is 6.29. The van der Waals surface area contributed by atoms with E-state index in [1.807, 2.05) is 60.7 Å². The predicted octanol–water partition coefficient (Wildman–Crippen LogP) is 5.35. The maximum absolute atomic E-state index is 13.7. The maximum atomic E-state index is 13.7. The highest BCUT2D eigenvalue weighted by atomic mass is 19.1. The molecule has 5 aromatic rings. The molecule has 144 valence electrons. The second-order valence-electron chi connectivity index (χ2n) is 7.94. The van der Waals surface area contributed by atoms with Crippen molar-refractivity contribution in [2.75, 3.05) is 0 Å². The summed E-state index contributed by atoms with van der Waals surface area (Å²) >= 11 is 0. The zero-order chi connectivity index (χ0) is 20.5. The van der Waals surface area contributed by atoms with Gasteiger partial charge in [0.2, 0.25) is 0 Å². The number of halogens is 1. The minimum absolute atomic E-state index is 0.0842. The molecule has 1 aromatic heterocycles. The monoisotopic (exact) mass is 392 g/mol. The Labute approximate surface area is 172 Å². The van der Waals surface area contributed by atoms with E-state index in [1.54, 1.807) is 16.7 Å². The first kappa shape index (κ1) is 17.1. The normalized spacial score (nSPS) is 17.3. The van der Waals surface area contributed by atoms with Crippen LogP contribution in [-0.4, -0.2) is 9.55 Å². The molecule has 0 radical (unpaired) electrons. The lowest BCUT2D eigenvalue weighted by atomic mass is 9.77. The van der Waals surface area contributed by atoms with Crippen LogP contribution in [0.15, 0.2) is 89.7 Å². The zero-order valence-corrected chi connectivity index (χ0v) is 16.3. The third kappa shape index (κ3) is 2.13. The molecule has 1 atom stereocenters. The number of benzene rings is 4. The molecule has 30 heavy (non-hydrogen) atoms. The predicted molar refractivity (Wildman–Crippen MR) is 117 cm³/mol. The SMILES string of the molecule is CC1(c2ccc(F)cc2)c2ccccc2-n2c1nc1cc3ccccc3cc1c2=O. The molecule has 0 aliphatic carbocycles. The van der Waals surface area contributed by atoms with Gasteiger partial charge in [0, 0.05) is 0 Å². The van der Waals surface area contributed by atoms with Gasteiger partial charge in [0.1, 0.15) is 11.6 Å². The summed E-state index contributed by atoms with van der Waals surface area (Å²) in [6.45, 7) is 2.05. The average molecular weight is 392 g/mol. The van der Waals surface area contributed by atoms with E-state index >= 15 is 0 Å². The van der Waals surface area contributed by atoms with Crippen molar-refractivity contribution in [3.8, 4) is 5.69 Å². The van der Waals surface area contributed by atoms with Gasteiger partial charge in [-0.15, -0.1) is 0 Å². The van der Waals surface area contributed by atoms with Gasteiger partial charge in [-0.25, -0.2) is 9.37 Å². The highest BCUT2D eigenvalue weighted by Crippen LogP contribution is 2.45. The molecular weight excluding hydrogens is 375 g/mol. The molecule has 0 saturated heterocycles. The first-order valence-electron chi connectivity index (χ1n) is 9.89. The van der Waals surface area contributed by atoms with Crippen molar-refractivity contribution >= 4 is 21.7 Å². The van der Waals surface area contributed by atoms with Gasteiger partial charge in [-0.05, 0) is 59.2 Å².